The van der Waals surface area contributed by atoms with E-state index in [1.807, 2.05) is 76.2 Å². The molecule has 47 heavy (non-hydrogen) atoms. The molecule has 0 saturated heterocycles. The molecule has 250 valence electrons. The van der Waals surface area contributed by atoms with Crippen molar-refractivity contribution >= 4 is 11.8 Å². The molecule has 4 aromatic rings. The number of phenolic OH excluding ortho intramolecular Hbond substituents is 1. The third-order valence-electron chi connectivity index (χ3n) is 6.05. The fraction of sp³-hybridized carbons (Fsp3) is 0.297. The normalized spacial score (nSPS) is 11.6. The molecule has 2 atom stereocenters. The zero-order valence-corrected chi connectivity index (χ0v) is 27.7. The summed E-state index contributed by atoms with van der Waals surface area (Å²) < 4.78 is 28.3. The smallest absolute Gasteiger partial charge is 0.217 e. The van der Waals surface area contributed by atoms with E-state index in [2.05, 4.69) is 10.6 Å². The average Bonchev–Trinajstić information content (AvgIpc) is 3.02. The first-order valence-corrected chi connectivity index (χ1v) is 15.4. The first kappa shape index (κ1) is 36.1. The molecule has 0 aliphatic heterocycles. The summed E-state index contributed by atoms with van der Waals surface area (Å²) in [7, 11) is 0. The van der Waals surface area contributed by atoms with Crippen LogP contribution in [0.5, 0.6) is 46.0 Å². The highest BCUT2D eigenvalue weighted by Gasteiger charge is 2.07. The van der Waals surface area contributed by atoms with Crippen molar-refractivity contribution in [1.82, 2.24) is 10.6 Å². The number of aromatic hydroxyl groups is 1. The molecule has 10 heteroatoms. The van der Waals surface area contributed by atoms with Crippen LogP contribution in [-0.4, -0.2) is 48.3 Å². The van der Waals surface area contributed by atoms with Crippen LogP contribution in [0.15, 0.2) is 97.1 Å². The van der Waals surface area contributed by atoms with Crippen LogP contribution in [0.25, 0.3) is 0 Å². The molecule has 0 unspecified atom stereocenters. The molecule has 0 aromatic heterocycles. The minimum absolute atomic E-state index is 0.0417. The molecule has 10 nitrogen and oxygen atoms in total. The van der Waals surface area contributed by atoms with Gasteiger partial charge in [0.25, 0.3) is 0 Å². The summed E-state index contributed by atoms with van der Waals surface area (Å²) in [5.74, 6) is 5.09. The average molecular weight is 645 g/mol. The van der Waals surface area contributed by atoms with Gasteiger partial charge in [-0.25, -0.2) is 0 Å². The SMILES string of the molecule is CC(=O)N[C@@H](C)COc1ccc(Oc2ccc(O)cc2)cc1.CC(=O)N[C@@H](C)COc1ccc(Oc2ccc(OC(C)C)cc2)cc1. The van der Waals surface area contributed by atoms with Crippen molar-refractivity contribution in [2.24, 2.45) is 0 Å². The zero-order valence-electron chi connectivity index (χ0n) is 27.7. The quantitative estimate of drug-likeness (QED) is 0.131. The second-order valence-corrected chi connectivity index (χ2v) is 11.1. The lowest BCUT2D eigenvalue weighted by molar-refractivity contribution is -0.120. The molecule has 0 heterocycles. The first-order valence-electron chi connectivity index (χ1n) is 15.4. The molecule has 0 bridgehead atoms. The maximum Gasteiger partial charge on any atom is 0.217 e. The number of carbonyl (C=O) groups excluding carboxylic acids is 2. The van der Waals surface area contributed by atoms with E-state index in [1.54, 1.807) is 48.5 Å². The molecule has 4 rings (SSSR count). The van der Waals surface area contributed by atoms with Crippen LogP contribution in [0, 0.1) is 0 Å². The number of benzene rings is 4. The van der Waals surface area contributed by atoms with Crippen molar-refractivity contribution in [2.75, 3.05) is 13.2 Å². The van der Waals surface area contributed by atoms with Crippen LogP contribution in [0.3, 0.4) is 0 Å². The molecular formula is C37H44N2O8. The van der Waals surface area contributed by atoms with Crippen molar-refractivity contribution in [2.45, 2.75) is 59.7 Å². The van der Waals surface area contributed by atoms with Crippen LogP contribution < -0.4 is 34.3 Å². The van der Waals surface area contributed by atoms with Gasteiger partial charge < -0.3 is 39.4 Å². The summed E-state index contributed by atoms with van der Waals surface area (Å²) >= 11 is 0. The van der Waals surface area contributed by atoms with Gasteiger partial charge in [-0.05, 0) is 125 Å². The van der Waals surface area contributed by atoms with Gasteiger partial charge in [0.1, 0.15) is 59.2 Å². The van der Waals surface area contributed by atoms with E-state index in [9.17, 15) is 14.7 Å². The highest BCUT2D eigenvalue weighted by atomic mass is 16.5. The van der Waals surface area contributed by atoms with Crippen molar-refractivity contribution in [3.63, 3.8) is 0 Å². The number of phenols is 1. The van der Waals surface area contributed by atoms with Crippen molar-refractivity contribution in [1.29, 1.82) is 0 Å². The van der Waals surface area contributed by atoms with Gasteiger partial charge in [0.15, 0.2) is 0 Å². The fourth-order valence-electron chi connectivity index (χ4n) is 4.07. The Labute approximate surface area is 276 Å². The zero-order chi connectivity index (χ0) is 34.2. The Morgan fingerprint density at radius 1 is 0.532 bits per heavy atom. The van der Waals surface area contributed by atoms with Crippen LogP contribution in [0.1, 0.15) is 41.5 Å². The van der Waals surface area contributed by atoms with Gasteiger partial charge in [0, 0.05) is 13.8 Å². The molecule has 2 amide bonds. The highest BCUT2D eigenvalue weighted by molar-refractivity contribution is 5.73. The predicted molar refractivity (Wildman–Crippen MR) is 181 cm³/mol. The monoisotopic (exact) mass is 644 g/mol. The Morgan fingerprint density at radius 3 is 1.15 bits per heavy atom. The van der Waals surface area contributed by atoms with E-state index < -0.39 is 0 Å². The third kappa shape index (κ3) is 14.5. The molecule has 4 aromatic carbocycles. The van der Waals surface area contributed by atoms with Gasteiger partial charge in [0.2, 0.25) is 11.8 Å². The number of amides is 2. The molecule has 0 radical (unpaired) electrons. The van der Waals surface area contributed by atoms with Gasteiger partial charge >= 0.3 is 0 Å². The van der Waals surface area contributed by atoms with Crippen molar-refractivity contribution in [3.05, 3.63) is 97.1 Å². The van der Waals surface area contributed by atoms with E-state index >= 15 is 0 Å². The van der Waals surface area contributed by atoms with Gasteiger partial charge in [-0.15, -0.1) is 0 Å². The third-order valence-corrected chi connectivity index (χ3v) is 6.05. The fourth-order valence-corrected chi connectivity index (χ4v) is 4.07. The Morgan fingerprint density at radius 2 is 0.830 bits per heavy atom. The lowest BCUT2D eigenvalue weighted by atomic mass is 10.3. The predicted octanol–water partition coefficient (Wildman–Crippen LogP) is 7.26. The molecule has 0 aliphatic rings. The first-order chi connectivity index (χ1) is 22.4. The summed E-state index contributed by atoms with van der Waals surface area (Å²) in [6.07, 6.45) is 0.146. The largest absolute Gasteiger partial charge is 0.508 e. The lowest BCUT2D eigenvalue weighted by Gasteiger charge is -2.14. The van der Waals surface area contributed by atoms with Gasteiger partial charge in [-0.2, -0.15) is 0 Å². The van der Waals surface area contributed by atoms with E-state index in [0.717, 1.165) is 23.0 Å². The van der Waals surface area contributed by atoms with E-state index in [0.29, 0.717) is 30.5 Å². The van der Waals surface area contributed by atoms with Crippen LogP contribution >= 0.6 is 0 Å². The Hall–Kier alpha value is -5.38. The van der Waals surface area contributed by atoms with Crippen molar-refractivity contribution in [3.8, 4) is 46.0 Å². The number of rotatable bonds is 14. The van der Waals surface area contributed by atoms with E-state index in [4.69, 9.17) is 23.7 Å². The summed E-state index contributed by atoms with van der Waals surface area (Å²) in [5.41, 5.74) is 0. The topological polar surface area (TPSA) is 125 Å². The van der Waals surface area contributed by atoms with Gasteiger partial charge in [-0.3, -0.25) is 9.59 Å². The lowest BCUT2D eigenvalue weighted by Crippen LogP contribution is -2.35. The Balaban J connectivity index is 0.000000257. The number of hydrogen-bond acceptors (Lipinski definition) is 8. The minimum atomic E-state index is -0.0752. The van der Waals surface area contributed by atoms with E-state index in [1.165, 1.54) is 13.8 Å². The van der Waals surface area contributed by atoms with Crippen LogP contribution in [0.2, 0.25) is 0 Å². The van der Waals surface area contributed by atoms with Crippen molar-refractivity contribution < 1.29 is 38.4 Å². The molecule has 0 fully saturated rings. The number of carbonyl (C=O) groups is 2. The molecular weight excluding hydrogens is 600 g/mol. The number of nitrogens with one attached hydrogen (secondary N) is 2. The van der Waals surface area contributed by atoms with Gasteiger partial charge in [0.05, 0.1) is 18.2 Å². The van der Waals surface area contributed by atoms with E-state index in [-0.39, 0.29) is 35.8 Å². The molecule has 3 N–H and O–H groups in total. The molecule has 0 spiro atoms. The maximum atomic E-state index is 11.0. The second-order valence-electron chi connectivity index (χ2n) is 11.1. The maximum absolute atomic E-state index is 11.0. The van der Waals surface area contributed by atoms with Crippen LogP contribution in [-0.2, 0) is 9.59 Å². The second kappa shape index (κ2) is 18.6. The standard InChI is InChI=1S/C20H25NO4.C17H19NO4/c1-14(2)24-18-9-11-20(12-10-18)25-19-7-5-17(6-8-19)23-13-15(3)21-16(4)22;1-12(18-13(2)19)11-21-15-7-9-17(10-8-15)22-16-5-3-14(20)4-6-16/h5-12,14-15H,13H2,1-4H3,(H,21,22);3-10,12,20H,11H2,1-2H3,(H,18,19)/t15-;12-/m00/s1. The van der Waals surface area contributed by atoms with Gasteiger partial charge in [-0.1, -0.05) is 0 Å². The summed E-state index contributed by atoms with van der Waals surface area (Å²) in [6, 6.07) is 28.5. The Bertz CT molecular complexity index is 1510. The Kier molecular flexibility index (Phi) is 14.2. The summed E-state index contributed by atoms with van der Waals surface area (Å²) in [5, 5.41) is 14.7. The van der Waals surface area contributed by atoms with Crippen LogP contribution in [0.4, 0.5) is 0 Å². The highest BCUT2D eigenvalue weighted by Crippen LogP contribution is 2.27. The minimum Gasteiger partial charge on any atom is -0.508 e. The number of hydrogen-bond donors (Lipinski definition) is 3. The summed E-state index contributed by atoms with van der Waals surface area (Å²) in [6.45, 7) is 11.5. The molecule has 0 aliphatic carbocycles. The molecule has 0 saturated carbocycles. The number of ether oxygens (including phenoxy) is 5. The summed E-state index contributed by atoms with van der Waals surface area (Å²) in [4.78, 5) is 21.9.